The summed E-state index contributed by atoms with van der Waals surface area (Å²) in [4.78, 5) is 22.6. The first-order chi connectivity index (χ1) is 16.1. The number of nitrogens with one attached hydrogen (secondary N) is 1. The summed E-state index contributed by atoms with van der Waals surface area (Å²) in [5.41, 5.74) is 10.6. The lowest BCUT2D eigenvalue weighted by molar-refractivity contribution is 0.0953. The van der Waals surface area contributed by atoms with Crippen LogP contribution < -0.4 is 11.1 Å². The highest BCUT2D eigenvalue weighted by molar-refractivity contribution is 6.30. The summed E-state index contributed by atoms with van der Waals surface area (Å²) in [5.74, 6) is -0.178. The first-order valence-electron chi connectivity index (χ1n) is 10.3. The SMILES string of the molecule is Nc1c(C(=O)NCc2ccccc2)c2nc3ccccc3nc2n1/N=C\c1ccc(Cl)cc1. The molecule has 3 N–H and O–H groups in total. The van der Waals surface area contributed by atoms with Crippen LogP contribution in [0.5, 0.6) is 0 Å². The maximum absolute atomic E-state index is 13.2. The third kappa shape index (κ3) is 4.14. The second-order valence-corrected chi connectivity index (χ2v) is 7.86. The van der Waals surface area contributed by atoms with Gasteiger partial charge in [-0.05, 0) is 35.4 Å². The number of halogens is 1. The summed E-state index contributed by atoms with van der Waals surface area (Å²) in [6.45, 7) is 0.362. The van der Waals surface area contributed by atoms with Crippen LogP contribution in [-0.2, 0) is 6.54 Å². The molecule has 0 radical (unpaired) electrons. The molecule has 1 amide bonds. The fourth-order valence-corrected chi connectivity index (χ4v) is 3.65. The number of nitrogens with zero attached hydrogens (tertiary/aromatic N) is 4. The Morgan fingerprint density at radius 1 is 0.970 bits per heavy atom. The largest absolute Gasteiger partial charge is 0.383 e. The minimum atomic E-state index is -0.341. The van der Waals surface area contributed by atoms with Crippen molar-refractivity contribution in [2.24, 2.45) is 5.10 Å². The van der Waals surface area contributed by atoms with E-state index < -0.39 is 0 Å². The van der Waals surface area contributed by atoms with Crippen LogP contribution in [0.1, 0.15) is 21.5 Å². The Morgan fingerprint density at radius 3 is 2.36 bits per heavy atom. The van der Waals surface area contributed by atoms with Crippen molar-refractivity contribution in [1.29, 1.82) is 0 Å². The van der Waals surface area contributed by atoms with Crippen molar-refractivity contribution < 1.29 is 4.79 Å². The lowest BCUT2D eigenvalue weighted by atomic mass is 10.2. The average molecular weight is 455 g/mol. The van der Waals surface area contributed by atoms with Crippen molar-refractivity contribution in [2.75, 3.05) is 5.73 Å². The molecule has 5 rings (SSSR count). The van der Waals surface area contributed by atoms with Crippen molar-refractivity contribution in [3.63, 3.8) is 0 Å². The zero-order chi connectivity index (χ0) is 22.8. The number of para-hydroxylation sites is 2. The lowest BCUT2D eigenvalue weighted by Crippen LogP contribution is -2.23. The lowest BCUT2D eigenvalue weighted by Gasteiger charge is -2.05. The number of anilines is 1. The van der Waals surface area contributed by atoms with Gasteiger partial charge < -0.3 is 11.1 Å². The number of carbonyl (C=O) groups is 1. The van der Waals surface area contributed by atoms with E-state index in [0.29, 0.717) is 33.8 Å². The summed E-state index contributed by atoms with van der Waals surface area (Å²) in [6.07, 6.45) is 1.63. The maximum Gasteiger partial charge on any atom is 0.257 e. The Balaban J connectivity index is 1.60. The van der Waals surface area contributed by atoms with Gasteiger partial charge in [-0.1, -0.05) is 66.2 Å². The average Bonchev–Trinajstić information content (AvgIpc) is 3.11. The van der Waals surface area contributed by atoms with Crippen molar-refractivity contribution in [3.05, 3.63) is 101 Å². The number of amides is 1. The van der Waals surface area contributed by atoms with Gasteiger partial charge in [-0.15, -0.1) is 0 Å². The van der Waals surface area contributed by atoms with E-state index in [4.69, 9.17) is 22.3 Å². The van der Waals surface area contributed by atoms with Crippen molar-refractivity contribution in [3.8, 4) is 0 Å². The number of nitrogen functional groups attached to an aromatic ring is 1. The molecule has 5 aromatic rings. The smallest absolute Gasteiger partial charge is 0.257 e. The Kier molecular flexibility index (Phi) is 5.46. The van der Waals surface area contributed by atoms with Gasteiger partial charge in [0.15, 0.2) is 5.65 Å². The minimum Gasteiger partial charge on any atom is -0.383 e. The number of carbonyl (C=O) groups excluding carboxylic acids is 1. The molecule has 2 heterocycles. The molecule has 0 fully saturated rings. The van der Waals surface area contributed by atoms with Crippen LogP contribution in [0.15, 0.2) is 84.0 Å². The number of hydrogen-bond acceptors (Lipinski definition) is 5. The van der Waals surface area contributed by atoms with Gasteiger partial charge in [-0.2, -0.15) is 9.78 Å². The van der Waals surface area contributed by atoms with E-state index in [1.165, 1.54) is 4.68 Å². The highest BCUT2D eigenvalue weighted by Crippen LogP contribution is 2.28. The van der Waals surface area contributed by atoms with Gasteiger partial charge in [0.25, 0.3) is 5.91 Å². The molecule has 0 aliphatic carbocycles. The number of fused-ring (bicyclic) bond motifs is 2. The number of nitrogens with two attached hydrogens (primary N) is 1. The second-order valence-electron chi connectivity index (χ2n) is 7.42. The maximum atomic E-state index is 13.2. The molecule has 2 aromatic heterocycles. The van der Waals surface area contributed by atoms with E-state index in [9.17, 15) is 4.79 Å². The summed E-state index contributed by atoms with van der Waals surface area (Å²) in [7, 11) is 0. The van der Waals surface area contributed by atoms with Crippen molar-refractivity contribution in [1.82, 2.24) is 20.0 Å². The van der Waals surface area contributed by atoms with E-state index >= 15 is 0 Å². The molecule has 0 bridgehead atoms. The van der Waals surface area contributed by atoms with Gasteiger partial charge in [0.2, 0.25) is 0 Å². The van der Waals surface area contributed by atoms with Gasteiger partial charge in [-0.25, -0.2) is 9.97 Å². The van der Waals surface area contributed by atoms with Gasteiger partial charge in [0.05, 0.1) is 17.2 Å². The standard InChI is InChI=1S/C25H19ClN6O/c26-18-12-10-17(11-13-18)15-29-32-23(27)21(25(33)28-14-16-6-2-1-3-7-16)22-24(32)31-20-9-5-4-8-19(20)30-22/h1-13,15H,14,27H2,(H,28,33)/b29-15-. The second kappa shape index (κ2) is 8.72. The van der Waals surface area contributed by atoms with E-state index in [1.807, 2.05) is 66.7 Å². The first-order valence-corrected chi connectivity index (χ1v) is 10.7. The molecule has 0 aliphatic rings. The van der Waals surface area contributed by atoms with Crippen LogP contribution in [-0.4, -0.2) is 26.8 Å². The zero-order valence-corrected chi connectivity index (χ0v) is 18.2. The van der Waals surface area contributed by atoms with Crippen molar-refractivity contribution in [2.45, 2.75) is 6.54 Å². The Labute approximate surface area is 194 Å². The summed E-state index contributed by atoms with van der Waals surface area (Å²) in [6, 6.07) is 24.3. The Hall–Kier alpha value is -4.23. The molecule has 162 valence electrons. The monoisotopic (exact) mass is 454 g/mol. The molecule has 8 heteroatoms. The molecule has 0 atom stereocenters. The van der Waals surface area contributed by atoms with E-state index in [-0.39, 0.29) is 17.3 Å². The molecule has 0 spiro atoms. The van der Waals surface area contributed by atoms with Crippen LogP contribution in [0.25, 0.3) is 22.2 Å². The minimum absolute atomic E-state index is 0.163. The highest BCUT2D eigenvalue weighted by Gasteiger charge is 2.24. The first kappa shape index (κ1) is 20.7. The Bertz CT molecular complexity index is 1490. The van der Waals surface area contributed by atoms with Gasteiger partial charge >= 0.3 is 0 Å². The number of hydrogen-bond donors (Lipinski definition) is 2. The van der Waals surface area contributed by atoms with Crippen LogP contribution >= 0.6 is 11.6 Å². The summed E-state index contributed by atoms with van der Waals surface area (Å²) < 4.78 is 1.45. The van der Waals surface area contributed by atoms with Gasteiger partial charge in [0, 0.05) is 11.6 Å². The molecule has 0 aliphatic heterocycles. The normalized spacial score (nSPS) is 11.4. The third-order valence-electron chi connectivity index (χ3n) is 5.19. The molecule has 0 unspecified atom stereocenters. The molecular formula is C25H19ClN6O. The number of rotatable bonds is 5. The summed E-state index contributed by atoms with van der Waals surface area (Å²) >= 11 is 5.97. The van der Waals surface area contributed by atoms with Crippen LogP contribution in [0.3, 0.4) is 0 Å². The highest BCUT2D eigenvalue weighted by atomic mass is 35.5. The van der Waals surface area contributed by atoms with Crippen LogP contribution in [0.4, 0.5) is 5.82 Å². The number of aromatic nitrogens is 3. The topological polar surface area (TPSA) is 98.2 Å². The molecule has 0 saturated carbocycles. The predicted octanol–water partition coefficient (Wildman–Crippen LogP) is 4.63. The molecular weight excluding hydrogens is 436 g/mol. The van der Waals surface area contributed by atoms with Crippen molar-refractivity contribution >= 4 is 51.7 Å². The Morgan fingerprint density at radius 2 is 1.64 bits per heavy atom. The zero-order valence-electron chi connectivity index (χ0n) is 17.4. The molecule has 0 saturated heterocycles. The van der Waals surface area contributed by atoms with Crippen LogP contribution in [0, 0.1) is 0 Å². The van der Waals surface area contributed by atoms with Crippen LogP contribution in [0.2, 0.25) is 5.02 Å². The fourth-order valence-electron chi connectivity index (χ4n) is 3.53. The van der Waals surface area contributed by atoms with E-state index in [0.717, 1.165) is 11.1 Å². The summed E-state index contributed by atoms with van der Waals surface area (Å²) in [5, 5.41) is 8.06. The quantitative estimate of drug-likeness (QED) is 0.378. The van der Waals surface area contributed by atoms with Gasteiger partial charge in [-0.3, -0.25) is 4.79 Å². The molecule has 33 heavy (non-hydrogen) atoms. The molecule has 7 nitrogen and oxygen atoms in total. The predicted molar refractivity (Wildman–Crippen MR) is 132 cm³/mol. The number of benzene rings is 3. The van der Waals surface area contributed by atoms with E-state index in [2.05, 4.69) is 15.4 Å². The van der Waals surface area contributed by atoms with E-state index in [1.54, 1.807) is 18.3 Å². The third-order valence-corrected chi connectivity index (χ3v) is 5.44. The van der Waals surface area contributed by atoms with Gasteiger partial charge in [0.1, 0.15) is 16.9 Å². The fraction of sp³-hybridized carbons (Fsp3) is 0.0400. The molecule has 3 aromatic carbocycles.